The lowest BCUT2D eigenvalue weighted by atomic mass is 10.1. The van der Waals surface area contributed by atoms with Crippen LogP contribution in [0, 0.1) is 0 Å². The molecule has 3 aliphatic heterocycles. The predicted molar refractivity (Wildman–Crippen MR) is 62.6 cm³/mol. The minimum atomic E-state index is -0.327. The average molecular weight is 235 g/mol. The lowest BCUT2D eigenvalue weighted by molar-refractivity contribution is -0.117. The third kappa shape index (κ3) is 1.96. The van der Waals surface area contributed by atoms with Crippen LogP contribution in [0.1, 0.15) is 12.8 Å². The van der Waals surface area contributed by atoms with Gasteiger partial charge in [0.1, 0.15) is 6.23 Å². The third-order valence-corrected chi connectivity index (χ3v) is 3.58. The molecule has 1 atom stereocenters. The van der Waals surface area contributed by atoms with Crippen molar-refractivity contribution in [2.24, 2.45) is 5.73 Å². The Kier molecular flexibility index (Phi) is 2.64. The van der Waals surface area contributed by atoms with E-state index in [1.807, 2.05) is 6.20 Å². The van der Waals surface area contributed by atoms with Crippen molar-refractivity contribution < 1.29 is 9.53 Å². The highest BCUT2D eigenvalue weighted by molar-refractivity contribution is 5.92. The standard InChI is InChI=1S/C12H17N3O2/c13-12(16)9-2-3-10-7-14-4-1-5-17-11(14)8-15(10)6-9/h3,6,11H,1-2,4-5,7-8H2,(H2,13,16). The molecule has 92 valence electrons. The lowest BCUT2D eigenvalue weighted by Gasteiger charge is -2.45. The van der Waals surface area contributed by atoms with Crippen molar-refractivity contribution in [1.29, 1.82) is 0 Å². The second-order valence-electron chi connectivity index (χ2n) is 4.72. The van der Waals surface area contributed by atoms with E-state index in [-0.39, 0.29) is 12.1 Å². The second-order valence-corrected chi connectivity index (χ2v) is 4.72. The Morgan fingerprint density at radius 3 is 3.24 bits per heavy atom. The number of piperazine rings is 1. The number of hydrogen-bond acceptors (Lipinski definition) is 4. The normalized spacial score (nSPS) is 28.9. The largest absolute Gasteiger partial charge is 0.366 e. The molecule has 0 saturated carbocycles. The third-order valence-electron chi connectivity index (χ3n) is 3.58. The number of hydrogen-bond donors (Lipinski definition) is 1. The fourth-order valence-corrected chi connectivity index (χ4v) is 2.62. The van der Waals surface area contributed by atoms with Crippen molar-refractivity contribution in [3.05, 3.63) is 23.5 Å². The molecule has 2 saturated heterocycles. The van der Waals surface area contributed by atoms with Crippen LogP contribution in [0.3, 0.4) is 0 Å². The second kappa shape index (κ2) is 4.16. The molecular weight excluding hydrogens is 218 g/mol. The van der Waals surface area contributed by atoms with Crippen molar-refractivity contribution >= 4 is 5.91 Å². The SMILES string of the molecule is NC(=O)C1=CN2CC3OCCCN3CC2=CC1. The quantitative estimate of drug-likeness (QED) is 0.695. The average Bonchev–Trinajstić information content (AvgIpc) is 2.35. The van der Waals surface area contributed by atoms with Gasteiger partial charge in [-0.3, -0.25) is 9.69 Å². The highest BCUT2D eigenvalue weighted by atomic mass is 16.5. The molecule has 2 N–H and O–H groups in total. The molecule has 3 aliphatic rings. The summed E-state index contributed by atoms with van der Waals surface area (Å²) in [6, 6.07) is 0. The summed E-state index contributed by atoms with van der Waals surface area (Å²) >= 11 is 0. The number of fused-ring (bicyclic) bond motifs is 2. The molecule has 0 radical (unpaired) electrons. The van der Waals surface area contributed by atoms with Crippen molar-refractivity contribution in [3.8, 4) is 0 Å². The molecule has 0 spiro atoms. The first-order chi connectivity index (χ1) is 8.24. The van der Waals surface area contributed by atoms with E-state index in [2.05, 4.69) is 15.9 Å². The van der Waals surface area contributed by atoms with Crippen molar-refractivity contribution in [2.75, 3.05) is 26.2 Å². The number of rotatable bonds is 1. The first-order valence-corrected chi connectivity index (χ1v) is 6.06. The monoisotopic (exact) mass is 235 g/mol. The van der Waals surface area contributed by atoms with Crippen LogP contribution in [0.2, 0.25) is 0 Å². The van der Waals surface area contributed by atoms with Crippen LogP contribution in [0.15, 0.2) is 23.5 Å². The van der Waals surface area contributed by atoms with Gasteiger partial charge in [-0.2, -0.15) is 0 Å². The number of allylic oxidation sites excluding steroid dienone is 1. The molecule has 0 bridgehead atoms. The predicted octanol–water partition coefficient (Wildman–Crippen LogP) is 0.00720. The minimum Gasteiger partial charge on any atom is -0.366 e. The summed E-state index contributed by atoms with van der Waals surface area (Å²) < 4.78 is 5.74. The number of nitrogens with two attached hydrogens (primary N) is 1. The fraction of sp³-hybridized carbons (Fsp3) is 0.583. The van der Waals surface area contributed by atoms with E-state index in [0.29, 0.717) is 12.0 Å². The smallest absolute Gasteiger partial charge is 0.246 e. The molecule has 1 unspecified atom stereocenters. The van der Waals surface area contributed by atoms with Gasteiger partial charge < -0.3 is 15.4 Å². The molecule has 0 aromatic carbocycles. The summed E-state index contributed by atoms with van der Waals surface area (Å²) in [5.74, 6) is -0.327. The number of primary amides is 1. The molecular formula is C12H17N3O2. The van der Waals surface area contributed by atoms with Gasteiger partial charge in [0.05, 0.1) is 6.54 Å². The van der Waals surface area contributed by atoms with Crippen molar-refractivity contribution in [3.63, 3.8) is 0 Å². The van der Waals surface area contributed by atoms with Gasteiger partial charge in [0.2, 0.25) is 5.91 Å². The van der Waals surface area contributed by atoms with E-state index in [0.717, 1.165) is 32.7 Å². The maximum atomic E-state index is 11.2. The Bertz CT molecular complexity index is 403. The number of ether oxygens (including phenoxy) is 1. The molecule has 1 amide bonds. The van der Waals surface area contributed by atoms with Crippen LogP contribution in [0.25, 0.3) is 0 Å². The molecule has 0 aromatic rings. The Balaban J connectivity index is 1.78. The van der Waals surface area contributed by atoms with Gasteiger partial charge in [-0.25, -0.2) is 0 Å². The Labute approximate surface area is 100 Å². The van der Waals surface area contributed by atoms with E-state index in [4.69, 9.17) is 10.5 Å². The fourth-order valence-electron chi connectivity index (χ4n) is 2.62. The molecule has 2 fully saturated rings. The van der Waals surface area contributed by atoms with Gasteiger partial charge in [-0.1, -0.05) is 6.08 Å². The zero-order chi connectivity index (χ0) is 11.8. The zero-order valence-corrected chi connectivity index (χ0v) is 9.76. The molecule has 3 heterocycles. The van der Waals surface area contributed by atoms with Gasteiger partial charge in [-0.05, 0) is 12.8 Å². The van der Waals surface area contributed by atoms with Crippen molar-refractivity contribution in [2.45, 2.75) is 19.1 Å². The first kappa shape index (κ1) is 10.8. The maximum Gasteiger partial charge on any atom is 0.246 e. The van der Waals surface area contributed by atoms with E-state index >= 15 is 0 Å². The summed E-state index contributed by atoms with van der Waals surface area (Å²) in [7, 11) is 0. The summed E-state index contributed by atoms with van der Waals surface area (Å²) in [6.07, 6.45) is 5.90. The van der Waals surface area contributed by atoms with Gasteiger partial charge in [0.15, 0.2) is 0 Å². The van der Waals surface area contributed by atoms with Crippen LogP contribution >= 0.6 is 0 Å². The minimum absolute atomic E-state index is 0.157. The van der Waals surface area contributed by atoms with Crippen LogP contribution < -0.4 is 5.73 Å². The van der Waals surface area contributed by atoms with Gasteiger partial charge >= 0.3 is 0 Å². The number of carbonyl (C=O) groups excluding carboxylic acids is 1. The van der Waals surface area contributed by atoms with Crippen LogP contribution in [-0.2, 0) is 9.53 Å². The van der Waals surface area contributed by atoms with Crippen LogP contribution in [-0.4, -0.2) is 48.2 Å². The Morgan fingerprint density at radius 1 is 1.53 bits per heavy atom. The van der Waals surface area contributed by atoms with E-state index in [9.17, 15) is 4.79 Å². The molecule has 3 rings (SSSR count). The van der Waals surface area contributed by atoms with Gasteiger partial charge in [-0.15, -0.1) is 0 Å². The number of amides is 1. The Morgan fingerprint density at radius 2 is 2.41 bits per heavy atom. The Hall–Kier alpha value is -1.33. The summed E-state index contributed by atoms with van der Waals surface area (Å²) in [5, 5.41) is 0. The topological polar surface area (TPSA) is 58.8 Å². The number of carbonyl (C=O) groups is 1. The highest BCUT2D eigenvalue weighted by Crippen LogP contribution is 2.27. The summed E-state index contributed by atoms with van der Waals surface area (Å²) in [4.78, 5) is 15.6. The first-order valence-electron chi connectivity index (χ1n) is 6.06. The van der Waals surface area contributed by atoms with E-state index in [1.165, 1.54) is 5.70 Å². The van der Waals surface area contributed by atoms with Crippen LogP contribution in [0.5, 0.6) is 0 Å². The van der Waals surface area contributed by atoms with E-state index < -0.39 is 0 Å². The molecule has 0 aromatic heterocycles. The highest BCUT2D eigenvalue weighted by Gasteiger charge is 2.32. The molecule has 17 heavy (non-hydrogen) atoms. The van der Waals surface area contributed by atoms with E-state index in [1.54, 1.807) is 0 Å². The molecule has 5 heteroatoms. The summed E-state index contributed by atoms with van der Waals surface area (Å²) in [6.45, 7) is 3.64. The molecule has 0 aliphatic carbocycles. The van der Waals surface area contributed by atoms with Gasteiger partial charge in [0.25, 0.3) is 0 Å². The van der Waals surface area contributed by atoms with Crippen LogP contribution in [0.4, 0.5) is 0 Å². The lowest BCUT2D eigenvalue weighted by Crippen LogP contribution is -2.54. The molecule has 5 nitrogen and oxygen atoms in total. The maximum absolute atomic E-state index is 11.2. The number of nitrogens with zero attached hydrogens (tertiary/aromatic N) is 2. The van der Waals surface area contributed by atoms with Gasteiger partial charge in [0, 0.05) is 37.2 Å². The summed E-state index contributed by atoms with van der Waals surface area (Å²) in [5.41, 5.74) is 7.26. The zero-order valence-electron chi connectivity index (χ0n) is 9.76. The van der Waals surface area contributed by atoms with Crippen molar-refractivity contribution in [1.82, 2.24) is 9.80 Å².